The first-order valence-corrected chi connectivity index (χ1v) is 9.11. The molecule has 1 heterocycles. The number of aromatic nitrogens is 1. The molecule has 0 fully saturated rings. The summed E-state index contributed by atoms with van der Waals surface area (Å²) in [5.74, 6) is 0.636. The van der Waals surface area contributed by atoms with Gasteiger partial charge in [-0.3, -0.25) is 0 Å². The molecule has 4 nitrogen and oxygen atoms in total. The van der Waals surface area contributed by atoms with E-state index in [0.717, 1.165) is 39.6 Å². The van der Waals surface area contributed by atoms with Gasteiger partial charge in [0.25, 0.3) is 0 Å². The largest absolute Gasteiger partial charge is 0.481 e. The van der Waals surface area contributed by atoms with Crippen LogP contribution in [0.2, 0.25) is 0 Å². The fourth-order valence-corrected chi connectivity index (χ4v) is 3.42. The zero-order valence-electron chi connectivity index (χ0n) is 16.0. The number of rotatable bonds is 6. The molecule has 0 aliphatic heterocycles. The number of pyridine rings is 1. The summed E-state index contributed by atoms with van der Waals surface area (Å²) in [4.78, 5) is 4.64. The standard InChI is InChI=1S/C23H24N2O2/c1-4-18-11-19-8-9-20(12-21(19)25-22(18)27-3)23(2,15-24)13-16-6-5-7-17(10-16)14-26/h5-12,26H,4,13-14H2,1-3H3. The van der Waals surface area contributed by atoms with Gasteiger partial charge in [-0.25, -0.2) is 4.98 Å². The minimum Gasteiger partial charge on any atom is -0.481 e. The van der Waals surface area contributed by atoms with Crippen molar-refractivity contribution >= 4 is 10.9 Å². The van der Waals surface area contributed by atoms with Gasteiger partial charge in [0.05, 0.1) is 30.7 Å². The second-order valence-corrected chi connectivity index (χ2v) is 7.02. The Morgan fingerprint density at radius 3 is 2.59 bits per heavy atom. The lowest BCUT2D eigenvalue weighted by Gasteiger charge is -2.23. The summed E-state index contributed by atoms with van der Waals surface area (Å²) < 4.78 is 5.42. The third kappa shape index (κ3) is 3.79. The quantitative estimate of drug-likeness (QED) is 0.711. The molecule has 138 valence electrons. The fourth-order valence-electron chi connectivity index (χ4n) is 3.42. The van der Waals surface area contributed by atoms with Gasteiger partial charge in [-0.15, -0.1) is 0 Å². The molecule has 4 heteroatoms. The number of fused-ring (bicyclic) bond motifs is 1. The molecule has 0 spiro atoms. The van der Waals surface area contributed by atoms with Gasteiger partial charge >= 0.3 is 0 Å². The topological polar surface area (TPSA) is 66.1 Å². The van der Waals surface area contributed by atoms with Gasteiger partial charge in [0.15, 0.2) is 0 Å². The van der Waals surface area contributed by atoms with Crippen LogP contribution in [0.25, 0.3) is 10.9 Å². The lowest BCUT2D eigenvalue weighted by atomic mass is 9.78. The molecule has 1 aromatic heterocycles. The lowest BCUT2D eigenvalue weighted by Crippen LogP contribution is -2.23. The summed E-state index contributed by atoms with van der Waals surface area (Å²) in [5, 5.41) is 20.3. The molecule has 2 aromatic carbocycles. The molecule has 27 heavy (non-hydrogen) atoms. The molecule has 3 rings (SSSR count). The van der Waals surface area contributed by atoms with Gasteiger partial charge in [0.1, 0.15) is 0 Å². The Balaban J connectivity index is 2.03. The Bertz CT molecular complexity index is 1010. The van der Waals surface area contributed by atoms with Crippen molar-refractivity contribution in [3.63, 3.8) is 0 Å². The molecule has 1 unspecified atom stereocenters. The number of aryl methyl sites for hydroxylation is 1. The molecule has 1 N–H and O–H groups in total. The van der Waals surface area contributed by atoms with Crippen LogP contribution in [0.15, 0.2) is 48.5 Å². The molecular formula is C23H24N2O2. The normalized spacial score (nSPS) is 13.1. The maximum atomic E-state index is 9.94. The Hall–Kier alpha value is -2.90. The predicted octanol–water partition coefficient (Wildman–Crippen LogP) is 4.32. The van der Waals surface area contributed by atoms with E-state index in [1.165, 1.54) is 0 Å². The number of aliphatic hydroxyl groups is 1. The fraction of sp³-hybridized carbons (Fsp3) is 0.304. The summed E-state index contributed by atoms with van der Waals surface area (Å²) in [7, 11) is 1.63. The average molecular weight is 360 g/mol. The molecule has 0 saturated heterocycles. The third-order valence-electron chi connectivity index (χ3n) is 5.05. The van der Waals surface area contributed by atoms with Crippen molar-refractivity contribution in [2.45, 2.75) is 38.7 Å². The summed E-state index contributed by atoms with van der Waals surface area (Å²) in [6, 6.07) is 18.3. The highest BCUT2D eigenvalue weighted by molar-refractivity contribution is 5.81. The van der Waals surface area contributed by atoms with E-state index in [2.05, 4.69) is 24.0 Å². The Kier molecular flexibility index (Phi) is 5.43. The van der Waals surface area contributed by atoms with Crippen molar-refractivity contribution in [2.75, 3.05) is 7.11 Å². The number of ether oxygens (including phenoxy) is 1. The van der Waals surface area contributed by atoms with Gasteiger partial charge in [0, 0.05) is 10.9 Å². The maximum Gasteiger partial charge on any atom is 0.216 e. The van der Waals surface area contributed by atoms with Crippen molar-refractivity contribution in [3.05, 3.63) is 70.8 Å². The summed E-state index contributed by atoms with van der Waals surface area (Å²) in [5.41, 5.74) is 4.00. The predicted molar refractivity (Wildman–Crippen MR) is 107 cm³/mol. The number of aliphatic hydroxyl groups excluding tert-OH is 1. The van der Waals surface area contributed by atoms with Crippen LogP contribution < -0.4 is 4.74 Å². The molecule has 0 aliphatic carbocycles. The Morgan fingerprint density at radius 2 is 1.93 bits per heavy atom. The first-order valence-electron chi connectivity index (χ1n) is 9.11. The van der Waals surface area contributed by atoms with Crippen LogP contribution in [-0.4, -0.2) is 17.2 Å². The van der Waals surface area contributed by atoms with Crippen molar-refractivity contribution in [1.82, 2.24) is 4.98 Å². The van der Waals surface area contributed by atoms with Gasteiger partial charge in [-0.05, 0) is 48.6 Å². The van der Waals surface area contributed by atoms with Gasteiger partial charge in [0.2, 0.25) is 5.88 Å². The SMILES string of the molecule is CCc1cc2ccc(C(C)(C#N)Cc3cccc(CO)c3)cc2nc1OC. The van der Waals surface area contributed by atoms with E-state index in [4.69, 9.17) is 4.74 Å². The number of benzene rings is 2. The van der Waals surface area contributed by atoms with Crippen LogP contribution in [0, 0.1) is 11.3 Å². The van der Waals surface area contributed by atoms with E-state index in [1.807, 2.05) is 49.4 Å². The van der Waals surface area contributed by atoms with Crippen LogP contribution in [0.3, 0.4) is 0 Å². The summed E-state index contributed by atoms with van der Waals surface area (Å²) in [6.45, 7) is 4.01. The van der Waals surface area contributed by atoms with Crippen LogP contribution in [0.5, 0.6) is 5.88 Å². The Morgan fingerprint density at radius 1 is 1.15 bits per heavy atom. The highest BCUT2D eigenvalue weighted by Gasteiger charge is 2.27. The summed E-state index contributed by atoms with van der Waals surface area (Å²) in [6.07, 6.45) is 1.41. The molecular weight excluding hydrogens is 336 g/mol. The van der Waals surface area contributed by atoms with E-state index >= 15 is 0 Å². The van der Waals surface area contributed by atoms with E-state index in [9.17, 15) is 10.4 Å². The molecule has 1 atom stereocenters. The van der Waals surface area contributed by atoms with Gasteiger partial charge in [-0.2, -0.15) is 5.26 Å². The number of hydrogen-bond acceptors (Lipinski definition) is 4. The zero-order chi connectivity index (χ0) is 19.4. The van der Waals surface area contributed by atoms with Crippen molar-refractivity contribution < 1.29 is 9.84 Å². The van der Waals surface area contributed by atoms with Gasteiger partial charge < -0.3 is 9.84 Å². The van der Waals surface area contributed by atoms with E-state index < -0.39 is 5.41 Å². The van der Waals surface area contributed by atoms with Crippen molar-refractivity contribution in [2.24, 2.45) is 0 Å². The van der Waals surface area contributed by atoms with E-state index in [0.29, 0.717) is 12.3 Å². The van der Waals surface area contributed by atoms with Crippen LogP contribution >= 0.6 is 0 Å². The molecule has 0 amide bonds. The average Bonchev–Trinajstić information content (AvgIpc) is 2.72. The molecule has 0 bridgehead atoms. The van der Waals surface area contributed by atoms with E-state index in [-0.39, 0.29) is 6.61 Å². The lowest BCUT2D eigenvalue weighted by molar-refractivity contribution is 0.281. The van der Waals surface area contributed by atoms with Crippen LogP contribution in [0.4, 0.5) is 0 Å². The van der Waals surface area contributed by atoms with Gasteiger partial charge in [-0.1, -0.05) is 43.3 Å². The number of nitriles is 1. The second kappa shape index (κ2) is 7.77. The smallest absolute Gasteiger partial charge is 0.216 e. The van der Waals surface area contributed by atoms with Crippen LogP contribution in [-0.2, 0) is 24.9 Å². The number of nitrogens with zero attached hydrogens (tertiary/aromatic N) is 2. The highest BCUT2D eigenvalue weighted by atomic mass is 16.5. The first kappa shape index (κ1) is 18.9. The maximum absolute atomic E-state index is 9.94. The monoisotopic (exact) mass is 360 g/mol. The number of methoxy groups -OCH3 is 1. The third-order valence-corrected chi connectivity index (χ3v) is 5.05. The highest BCUT2D eigenvalue weighted by Crippen LogP contribution is 2.31. The first-order chi connectivity index (χ1) is 13.0. The van der Waals surface area contributed by atoms with Crippen molar-refractivity contribution in [3.8, 4) is 11.9 Å². The summed E-state index contributed by atoms with van der Waals surface area (Å²) >= 11 is 0. The van der Waals surface area contributed by atoms with E-state index in [1.54, 1.807) is 7.11 Å². The number of hydrogen-bond donors (Lipinski definition) is 1. The second-order valence-electron chi connectivity index (χ2n) is 7.02. The zero-order valence-corrected chi connectivity index (χ0v) is 16.0. The minimum atomic E-state index is -0.694. The minimum absolute atomic E-state index is 0.00341. The molecule has 0 radical (unpaired) electrons. The molecule has 3 aromatic rings. The van der Waals surface area contributed by atoms with Crippen LogP contribution in [0.1, 0.15) is 36.1 Å². The molecule has 0 aliphatic rings. The molecule has 0 saturated carbocycles. The van der Waals surface area contributed by atoms with Crippen molar-refractivity contribution in [1.29, 1.82) is 5.26 Å². The Labute approximate surface area is 160 Å².